The van der Waals surface area contributed by atoms with Gasteiger partial charge in [0, 0.05) is 5.57 Å². The first kappa shape index (κ1) is 7.21. The van der Waals surface area contributed by atoms with E-state index in [-0.39, 0.29) is 5.78 Å². The van der Waals surface area contributed by atoms with E-state index in [4.69, 9.17) is 0 Å². The van der Waals surface area contributed by atoms with E-state index in [1.807, 2.05) is 0 Å². The van der Waals surface area contributed by atoms with Gasteiger partial charge in [0.25, 0.3) is 0 Å². The molecule has 0 saturated heterocycles. The summed E-state index contributed by atoms with van der Waals surface area (Å²) in [5.41, 5.74) is 0.646. The molecule has 0 fully saturated rings. The number of hydrogen-bond donors (Lipinski definition) is 0. The van der Waals surface area contributed by atoms with Crippen LogP contribution in [0.2, 0.25) is 0 Å². The lowest BCUT2D eigenvalue weighted by molar-refractivity contribution is -0.113. The molecular weight excluding hydrogens is 104 g/mol. The van der Waals surface area contributed by atoms with Crippen molar-refractivity contribution in [3.63, 3.8) is 0 Å². The maximum atomic E-state index is 10.4. The monoisotopic (exact) mass is 114 g/mol. The Morgan fingerprint density at radius 2 is 2.00 bits per heavy atom. The molecule has 8 heavy (non-hydrogen) atoms. The molecule has 0 aliphatic carbocycles. The standard InChI is InChI=1S/C6H10O2/c1-5(4-8-3)6(2)7/h4H,1-3H3/b5-4-. The van der Waals surface area contributed by atoms with Gasteiger partial charge in [-0.15, -0.1) is 0 Å². The second kappa shape index (κ2) is 3.24. The molecule has 0 aliphatic heterocycles. The summed E-state index contributed by atoms with van der Waals surface area (Å²) in [7, 11) is 1.52. The highest BCUT2D eigenvalue weighted by molar-refractivity contribution is 5.92. The summed E-state index contributed by atoms with van der Waals surface area (Å²) >= 11 is 0. The summed E-state index contributed by atoms with van der Waals surface area (Å²) in [6.45, 7) is 3.22. The molecule has 0 heterocycles. The van der Waals surface area contributed by atoms with Crippen molar-refractivity contribution < 1.29 is 9.53 Å². The number of rotatable bonds is 2. The number of ether oxygens (including phenoxy) is 1. The fourth-order valence-corrected chi connectivity index (χ4v) is 0.260. The molecule has 0 aromatic heterocycles. The fourth-order valence-electron chi connectivity index (χ4n) is 0.260. The largest absolute Gasteiger partial charge is 0.504 e. The Kier molecular flexibility index (Phi) is 2.92. The third-order valence-corrected chi connectivity index (χ3v) is 0.850. The fraction of sp³-hybridized carbons (Fsp3) is 0.500. The molecule has 2 heteroatoms. The van der Waals surface area contributed by atoms with Gasteiger partial charge >= 0.3 is 0 Å². The molecule has 0 rings (SSSR count). The first-order valence-corrected chi connectivity index (χ1v) is 2.39. The molecule has 0 aliphatic rings. The number of methoxy groups -OCH3 is 1. The van der Waals surface area contributed by atoms with Crippen LogP contribution in [0.1, 0.15) is 13.8 Å². The van der Waals surface area contributed by atoms with Gasteiger partial charge < -0.3 is 4.74 Å². The predicted octanol–water partition coefficient (Wildman–Crippen LogP) is 1.13. The molecule has 0 radical (unpaired) electrons. The van der Waals surface area contributed by atoms with Gasteiger partial charge in [-0.2, -0.15) is 0 Å². The molecule has 0 aromatic carbocycles. The second-order valence-corrected chi connectivity index (χ2v) is 1.59. The Hall–Kier alpha value is -0.790. The summed E-state index contributed by atoms with van der Waals surface area (Å²) in [6.07, 6.45) is 1.43. The van der Waals surface area contributed by atoms with Crippen molar-refractivity contribution >= 4 is 5.78 Å². The second-order valence-electron chi connectivity index (χ2n) is 1.59. The smallest absolute Gasteiger partial charge is 0.158 e. The Balaban J connectivity index is 3.80. The molecule has 2 nitrogen and oxygen atoms in total. The van der Waals surface area contributed by atoms with Crippen LogP contribution in [0, 0.1) is 0 Å². The highest BCUT2D eigenvalue weighted by Crippen LogP contribution is 1.91. The van der Waals surface area contributed by atoms with E-state index in [0.29, 0.717) is 5.57 Å². The van der Waals surface area contributed by atoms with Gasteiger partial charge in [0.2, 0.25) is 0 Å². The number of carbonyl (C=O) groups is 1. The van der Waals surface area contributed by atoms with Gasteiger partial charge in [0.05, 0.1) is 13.4 Å². The summed E-state index contributed by atoms with van der Waals surface area (Å²) in [6, 6.07) is 0. The Morgan fingerprint density at radius 1 is 1.50 bits per heavy atom. The number of Topliss-reactive ketones (excluding diaryl/α,β-unsaturated/α-hetero) is 1. The van der Waals surface area contributed by atoms with Crippen molar-refractivity contribution in [2.45, 2.75) is 13.8 Å². The van der Waals surface area contributed by atoms with Crippen LogP contribution in [0.3, 0.4) is 0 Å². The minimum atomic E-state index is 0.0480. The van der Waals surface area contributed by atoms with E-state index in [0.717, 1.165) is 0 Å². The molecule has 0 bridgehead atoms. The van der Waals surface area contributed by atoms with Crippen LogP contribution in [-0.4, -0.2) is 12.9 Å². The first-order valence-electron chi connectivity index (χ1n) is 2.39. The highest BCUT2D eigenvalue weighted by atomic mass is 16.5. The lowest BCUT2D eigenvalue weighted by Crippen LogP contribution is -1.90. The van der Waals surface area contributed by atoms with E-state index in [2.05, 4.69) is 4.74 Å². The average Bonchev–Trinajstić information content (AvgIpc) is 1.67. The van der Waals surface area contributed by atoms with Gasteiger partial charge in [0.1, 0.15) is 0 Å². The molecule has 0 spiro atoms. The van der Waals surface area contributed by atoms with Crippen molar-refractivity contribution in [2.75, 3.05) is 7.11 Å². The Bertz CT molecular complexity index is 114. The molecule has 46 valence electrons. The Morgan fingerprint density at radius 3 is 2.12 bits per heavy atom. The minimum Gasteiger partial charge on any atom is -0.504 e. The third kappa shape index (κ3) is 2.39. The number of carbonyl (C=O) groups excluding carboxylic acids is 1. The van der Waals surface area contributed by atoms with Gasteiger partial charge in [0.15, 0.2) is 5.78 Å². The first-order chi connectivity index (χ1) is 3.68. The summed E-state index contributed by atoms with van der Waals surface area (Å²) in [4.78, 5) is 10.4. The van der Waals surface area contributed by atoms with Crippen LogP contribution < -0.4 is 0 Å². The molecule has 0 atom stereocenters. The molecule has 0 amide bonds. The van der Waals surface area contributed by atoms with Crippen molar-refractivity contribution in [2.24, 2.45) is 0 Å². The van der Waals surface area contributed by atoms with Crippen LogP contribution in [0.25, 0.3) is 0 Å². The maximum Gasteiger partial charge on any atom is 0.158 e. The van der Waals surface area contributed by atoms with Gasteiger partial charge in [-0.3, -0.25) is 4.79 Å². The summed E-state index contributed by atoms with van der Waals surface area (Å²) < 4.78 is 4.58. The van der Waals surface area contributed by atoms with E-state index in [9.17, 15) is 4.79 Å². The third-order valence-electron chi connectivity index (χ3n) is 0.850. The summed E-state index contributed by atoms with van der Waals surface area (Å²) in [5, 5.41) is 0. The minimum absolute atomic E-state index is 0.0480. The lowest BCUT2D eigenvalue weighted by Gasteiger charge is -1.90. The van der Waals surface area contributed by atoms with Crippen molar-refractivity contribution in [1.82, 2.24) is 0 Å². The lowest BCUT2D eigenvalue weighted by atomic mass is 10.2. The van der Waals surface area contributed by atoms with Crippen LogP contribution in [-0.2, 0) is 9.53 Å². The van der Waals surface area contributed by atoms with Crippen LogP contribution >= 0.6 is 0 Å². The zero-order valence-electron chi connectivity index (χ0n) is 5.39. The predicted molar refractivity (Wildman–Crippen MR) is 31.4 cm³/mol. The van der Waals surface area contributed by atoms with Crippen molar-refractivity contribution in [1.29, 1.82) is 0 Å². The van der Waals surface area contributed by atoms with E-state index >= 15 is 0 Å². The zero-order chi connectivity index (χ0) is 6.57. The average molecular weight is 114 g/mol. The zero-order valence-corrected chi connectivity index (χ0v) is 5.39. The van der Waals surface area contributed by atoms with Crippen LogP contribution in [0.5, 0.6) is 0 Å². The number of ketones is 1. The summed E-state index contributed by atoms with van der Waals surface area (Å²) in [5.74, 6) is 0.0480. The molecule has 0 unspecified atom stereocenters. The molecule has 0 aromatic rings. The van der Waals surface area contributed by atoms with E-state index in [1.54, 1.807) is 6.92 Å². The number of hydrogen-bond acceptors (Lipinski definition) is 2. The van der Waals surface area contributed by atoms with Crippen molar-refractivity contribution in [3.05, 3.63) is 11.8 Å². The SMILES string of the molecule is CO/C=C(/C)C(C)=O. The van der Waals surface area contributed by atoms with E-state index < -0.39 is 0 Å². The van der Waals surface area contributed by atoms with Gasteiger partial charge in [-0.05, 0) is 13.8 Å². The maximum absolute atomic E-state index is 10.4. The van der Waals surface area contributed by atoms with E-state index in [1.165, 1.54) is 20.3 Å². The van der Waals surface area contributed by atoms with Gasteiger partial charge in [-0.1, -0.05) is 0 Å². The Labute approximate surface area is 49.1 Å². The van der Waals surface area contributed by atoms with Gasteiger partial charge in [-0.25, -0.2) is 0 Å². The molecule has 0 saturated carbocycles. The normalized spacial score (nSPS) is 11.1. The molecule has 0 N–H and O–H groups in total. The van der Waals surface area contributed by atoms with Crippen LogP contribution in [0.15, 0.2) is 11.8 Å². The van der Waals surface area contributed by atoms with Crippen LogP contribution in [0.4, 0.5) is 0 Å². The number of allylic oxidation sites excluding steroid dienone is 1. The quantitative estimate of drug-likeness (QED) is 0.397. The topological polar surface area (TPSA) is 26.3 Å². The highest BCUT2D eigenvalue weighted by Gasteiger charge is 1.92. The molecular formula is C6H10O2. The van der Waals surface area contributed by atoms with Crippen molar-refractivity contribution in [3.8, 4) is 0 Å².